The van der Waals surface area contributed by atoms with Crippen molar-refractivity contribution >= 4 is 15.7 Å². The fourth-order valence-corrected chi connectivity index (χ4v) is 3.39. The van der Waals surface area contributed by atoms with Gasteiger partial charge in [-0.1, -0.05) is 12.1 Å². The summed E-state index contributed by atoms with van der Waals surface area (Å²) in [5.41, 5.74) is 0.575. The Morgan fingerprint density at radius 3 is 2.63 bits per heavy atom. The lowest BCUT2D eigenvalue weighted by Crippen LogP contribution is -2.31. The second-order valence-electron chi connectivity index (χ2n) is 5.25. The molecule has 2 fully saturated rings. The van der Waals surface area contributed by atoms with Crippen molar-refractivity contribution in [1.29, 1.82) is 0 Å². The third-order valence-electron chi connectivity index (χ3n) is 3.76. The second kappa shape index (κ2) is 4.77. The summed E-state index contributed by atoms with van der Waals surface area (Å²) < 4.78 is 28.9. The highest BCUT2D eigenvalue weighted by Crippen LogP contribution is 2.40. The molecule has 1 saturated carbocycles. The Morgan fingerprint density at radius 2 is 1.95 bits per heavy atom. The summed E-state index contributed by atoms with van der Waals surface area (Å²) in [5.74, 6) is 0.627. The fraction of sp³-hybridized carbons (Fsp3) is 0.538. The molecule has 19 heavy (non-hydrogen) atoms. The zero-order chi connectivity index (χ0) is 13.5. The van der Waals surface area contributed by atoms with Gasteiger partial charge in [0.2, 0.25) is 10.0 Å². The minimum absolute atomic E-state index is 0.149. The number of primary sulfonamides is 1. The normalized spacial score (nSPS) is 27.4. The molecule has 0 radical (unpaired) electrons. The van der Waals surface area contributed by atoms with Crippen LogP contribution >= 0.6 is 0 Å². The number of hydrogen-bond donors (Lipinski definition) is 2. The summed E-state index contributed by atoms with van der Waals surface area (Å²) in [4.78, 5) is 0.149. The maximum atomic E-state index is 11.6. The van der Waals surface area contributed by atoms with E-state index in [1.165, 1.54) is 18.9 Å². The van der Waals surface area contributed by atoms with Crippen molar-refractivity contribution in [2.24, 2.45) is 11.1 Å². The van der Waals surface area contributed by atoms with Gasteiger partial charge in [-0.25, -0.2) is 13.6 Å². The third kappa shape index (κ3) is 2.75. The van der Waals surface area contributed by atoms with Crippen molar-refractivity contribution < 1.29 is 13.2 Å². The van der Waals surface area contributed by atoms with Crippen LogP contribution in [0.3, 0.4) is 0 Å². The number of anilines is 1. The van der Waals surface area contributed by atoms with Crippen molar-refractivity contribution in [2.75, 3.05) is 11.9 Å². The molecule has 1 aliphatic carbocycles. The predicted molar refractivity (Wildman–Crippen MR) is 72.3 cm³/mol. The van der Waals surface area contributed by atoms with E-state index in [0.29, 0.717) is 11.6 Å². The molecule has 0 amide bonds. The van der Waals surface area contributed by atoms with Crippen LogP contribution in [-0.2, 0) is 14.8 Å². The lowest BCUT2D eigenvalue weighted by molar-refractivity contribution is 0.0898. The highest BCUT2D eigenvalue weighted by Gasteiger charge is 2.40. The summed E-state index contributed by atoms with van der Waals surface area (Å²) in [5, 5.41) is 8.54. The third-order valence-corrected chi connectivity index (χ3v) is 4.73. The molecule has 1 saturated heterocycles. The van der Waals surface area contributed by atoms with Gasteiger partial charge in [0.05, 0.1) is 17.8 Å². The molecule has 0 spiro atoms. The van der Waals surface area contributed by atoms with Crippen molar-refractivity contribution in [3.05, 3.63) is 24.3 Å². The maximum Gasteiger partial charge on any atom is 0.240 e. The number of rotatable bonds is 4. The molecule has 1 heterocycles. The first-order valence-corrected chi connectivity index (χ1v) is 8.10. The van der Waals surface area contributed by atoms with E-state index in [1.807, 2.05) is 0 Å². The zero-order valence-corrected chi connectivity index (χ0v) is 11.4. The zero-order valence-electron chi connectivity index (χ0n) is 10.6. The molecule has 2 atom stereocenters. The largest absolute Gasteiger partial charge is 0.379 e. The van der Waals surface area contributed by atoms with Gasteiger partial charge < -0.3 is 10.1 Å². The smallest absolute Gasteiger partial charge is 0.240 e. The Labute approximate surface area is 113 Å². The number of ether oxygens (including phenoxy) is 1. The number of hydrogen-bond acceptors (Lipinski definition) is 4. The molecule has 2 unspecified atom stereocenters. The summed E-state index contributed by atoms with van der Waals surface area (Å²) in [7, 11) is -3.70. The van der Waals surface area contributed by atoms with E-state index >= 15 is 0 Å². The summed E-state index contributed by atoms with van der Waals surface area (Å²) >= 11 is 0. The van der Waals surface area contributed by atoms with Crippen LogP contribution in [0.4, 0.5) is 5.69 Å². The lowest BCUT2D eigenvalue weighted by Gasteiger charge is -2.21. The van der Waals surface area contributed by atoms with Crippen LogP contribution in [0, 0.1) is 5.92 Å². The quantitative estimate of drug-likeness (QED) is 0.872. The average Bonchev–Trinajstić information content (AvgIpc) is 3.10. The molecule has 0 bridgehead atoms. The van der Waals surface area contributed by atoms with Gasteiger partial charge in [0.25, 0.3) is 0 Å². The standard InChI is InChI=1S/C13H18N2O3S/c14-19(16,17)12-4-2-1-3-10(12)15-11-7-8-18-13(11)9-5-6-9/h1-4,9,11,13,15H,5-8H2,(H2,14,16,17). The first kappa shape index (κ1) is 12.9. The number of benzene rings is 1. The Balaban J connectivity index is 1.83. The molecule has 1 aliphatic heterocycles. The van der Waals surface area contributed by atoms with Crippen LogP contribution < -0.4 is 10.5 Å². The molecule has 104 valence electrons. The minimum Gasteiger partial charge on any atom is -0.379 e. The fourth-order valence-electron chi connectivity index (χ4n) is 2.69. The molecular formula is C13H18N2O3S. The number of para-hydroxylation sites is 1. The molecule has 6 heteroatoms. The Bertz CT molecular complexity index is 569. The van der Waals surface area contributed by atoms with Crippen LogP contribution in [-0.4, -0.2) is 27.2 Å². The molecule has 3 N–H and O–H groups in total. The van der Waals surface area contributed by atoms with E-state index in [-0.39, 0.29) is 17.0 Å². The molecule has 0 aromatic heterocycles. The van der Waals surface area contributed by atoms with Crippen molar-refractivity contribution in [2.45, 2.75) is 36.3 Å². The molecule has 2 aliphatic rings. The highest BCUT2D eigenvalue weighted by molar-refractivity contribution is 7.89. The Hall–Kier alpha value is -1.11. The molecule has 1 aromatic rings. The van der Waals surface area contributed by atoms with E-state index in [0.717, 1.165) is 13.0 Å². The summed E-state index contributed by atoms with van der Waals surface area (Å²) in [6.45, 7) is 0.733. The van der Waals surface area contributed by atoms with Crippen LogP contribution in [0.25, 0.3) is 0 Å². The van der Waals surface area contributed by atoms with Gasteiger partial charge in [0.15, 0.2) is 0 Å². The monoisotopic (exact) mass is 282 g/mol. The average molecular weight is 282 g/mol. The molecule has 3 rings (SSSR count). The molecular weight excluding hydrogens is 264 g/mol. The summed E-state index contributed by atoms with van der Waals surface area (Å²) in [6, 6.07) is 6.94. The first-order chi connectivity index (χ1) is 9.05. The Morgan fingerprint density at radius 1 is 1.21 bits per heavy atom. The van der Waals surface area contributed by atoms with Crippen molar-refractivity contribution in [3.8, 4) is 0 Å². The first-order valence-electron chi connectivity index (χ1n) is 6.55. The lowest BCUT2D eigenvalue weighted by atomic mass is 10.1. The number of nitrogens with one attached hydrogen (secondary N) is 1. The van der Waals surface area contributed by atoms with Gasteiger partial charge in [0.1, 0.15) is 4.90 Å². The van der Waals surface area contributed by atoms with Gasteiger partial charge in [-0.15, -0.1) is 0 Å². The topological polar surface area (TPSA) is 81.4 Å². The van der Waals surface area contributed by atoms with Crippen LogP contribution in [0.2, 0.25) is 0 Å². The van der Waals surface area contributed by atoms with Gasteiger partial charge in [0, 0.05) is 6.61 Å². The van der Waals surface area contributed by atoms with E-state index in [1.54, 1.807) is 18.2 Å². The minimum atomic E-state index is -3.70. The second-order valence-corrected chi connectivity index (χ2v) is 6.78. The van der Waals surface area contributed by atoms with Crippen LogP contribution in [0.1, 0.15) is 19.3 Å². The van der Waals surface area contributed by atoms with Crippen LogP contribution in [0.5, 0.6) is 0 Å². The molecule has 5 nitrogen and oxygen atoms in total. The summed E-state index contributed by atoms with van der Waals surface area (Å²) in [6.07, 6.45) is 3.52. The van der Waals surface area contributed by atoms with E-state index in [2.05, 4.69) is 5.32 Å². The number of sulfonamides is 1. The Kier molecular flexibility index (Phi) is 3.24. The van der Waals surface area contributed by atoms with E-state index in [4.69, 9.17) is 9.88 Å². The number of nitrogens with two attached hydrogens (primary N) is 1. The van der Waals surface area contributed by atoms with Crippen LogP contribution in [0.15, 0.2) is 29.2 Å². The van der Waals surface area contributed by atoms with Gasteiger partial charge >= 0.3 is 0 Å². The predicted octanol–water partition coefficient (Wildman–Crippen LogP) is 1.31. The van der Waals surface area contributed by atoms with Crippen molar-refractivity contribution in [1.82, 2.24) is 0 Å². The van der Waals surface area contributed by atoms with Crippen molar-refractivity contribution in [3.63, 3.8) is 0 Å². The van der Waals surface area contributed by atoms with Gasteiger partial charge in [-0.05, 0) is 37.3 Å². The van der Waals surface area contributed by atoms with Gasteiger partial charge in [-0.3, -0.25) is 0 Å². The maximum absolute atomic E-state index is 11.6. The van der Waals surface area contributed by atoms with E-state index in [9.17, 15) is 8.42 Å². The SMILES string of the molecule is NS(=O)(=O)c1ccccc1NC1CCOC1C1CC1. The highest BCUT2D eigenvalue weighted by atomic mass is 32.2. The van der Waals surface area contributed by atoms with Gasteiger partial charge in [-0.2, -0.15) is 0 Å². The van der Waals surface area contributed by atoms with E-state index < -0.39 is 10.0 Å². The molecule has 1 aromatic carbocycles.